The molecule has 1 aliphatic rings. The molecule has 1 aromatic rings. The Balaban J connectivity index is 1.73. The van der Waals surface area contributed by atoms with Crippen molar-refractivity contribution in [1.29, 1.82) is 0 Å². The van der Waals surface area contributed by atoms with E-state index in [-0.39, 0.29) is 17.9 Å². The SMILES string of the molecule is NC1CCCCC1C(=O)NCCc1cnc[nH]1. The molecule has 2 atom stereocenters. The first-order valence-corrected chi connectivity index (χ1v) is 6.28. The van der Waals surface area contributed by atoms with Gasteiger partial charge in [0.25, 0.3) is 0 Å². The molecule has 1 heterocycles. The number of carbonyl (C=O) groups is 1. The molecule has 5 nitrogen and oxygen atoms in total. The average Bonchev–Trinajstić information content (AvgIpc) is 2.82. The number of carbonyl (C=O) groups excluding carboxylic acids is 1. The molecule has 17 heavy (non-hydrogen) atoms. The second-order valence-corrected chi connectivity index (χ2v) is 4.67. The van der Waals surface area contributed by atoms with E-state index in [9.17, 15) is 4.79 Å². The predicted octanol–water partition coefficient (Wildman–Crippen LogP) is 0.586. The summed E-state index contributed by atoms with van der Waals surface area (Å²) in [4.78, 5) is 18.9. The van der Waals surface area contributed by atoms with Crippen molar-refractivity contribution in [2.75, 3.05) is 6.54 Å². The highest BCUT2D eigenvalue weighted by molar-refractivity contribution is 5.79. The van der Waals surface area contributed by atoms with Gasteiger partial charge in [-0.05, 0) is 12.8 Å². The van der Waals surface area contributed by atoms with E-state index in [0.717, 1.165) is 37.8 Å². The van der Waals surface area contributed by atoms with Gasteiger partial charge in [-0.3, -0.25) is 4.79 Å². The summed E-state index contributed by atoms with van der Waals surface area (Å²) in [7, 11) is 0. The molecule has 94 valence electrons. The van der Waals surface area contributed by atoms with Gasteiger partial charge in [-0.2, -0.15) is 0 Å². The molecule has 0 aromatic carbocycles. The van der Waals surface area contributed by atoms with Gasteiger partial charge in [-0.1, -0.05) is 12.8 Å². The van der Waals surface area contributed by atoms with Crippen molar-refractivity contribution in [2.45, 2.75) is 38.1 Å². The van der Waals surface area contributed by atoms with Crippen LogP contribution in [0, 0.1) is 5.92 Å². The van der Waals surface area contributed by atoms with Crippen molar-refractivity contribution in [1.82, 2.24) is 15.3 Å². The summed E-state index contributed by atoms with van der Waals surface area (Å²) >= 11 is 0. The maximum Gasteiger partial charge on any atom is 0.224 e. The molecule has 1 aliphatic carbocycles. The smallest absolute Gasteiger partial charge is 0.224 e. The Kier molecular flexibility index (Phi) is 4.14. The van der Waals surface area contributed by atoms with Crippen LogP contribution in [-0.2, 0) is 11.2 Å². The number of aromatic nitrogens is 2. The van der Waals surface area contributed by atoms with Crippen molar-refractivity contribution in [3.63, 3.8) is 0 Å². The zero-order valence-corrected chi connectivity index (χ0v) is 9.98. The molecular formula is C12H20N4O. The summed E-state index contributed by atoms with van der Waals surface area (Å²) in [5.41, 5.74) is 7.01. The number of nitrogens with two attached hydrogens (primary N) is 1. The van der Waals surface area contributed by atoms with Gasteiger partial charge in [-0.15, -0.1) is 0 Å². The molecule has 4 N–H and O–H groups in total. The third-order valence-corrected chi connectivity index (χ3v) is 3.40. The highest BCUT2D eigenvalue weighted by Gasteiger charge is 2.27. The van der Waals surface area contributed by atoms with Crippen LogP contribution in [0.2, 0.25) is 0 Å². The fraction of sp³-hybridized carbons (Fsp3) is 0.667. The fourth-order valence-corrected chi connectivity index (χ4v) is 2.36. The first kappa shape index (κ1) is 12.1. The van der Waals surface area contributed by atoms with Crippen LogP contribution in [-0.4, -0.2) is 28.5 Å². The van der Waals surface area contributed by atoms with E-state index < -0.39 is 0 Å². The summed E-state index contributed by atoms with van der Waals surface area (Å²) in [6, 6.07) is 0.0379. The van der Waals surface area contributed by atoms with Gasteiger partial charge in [0, 0.05) is 30.9 Å². The Labute approximate surface area is 101 Å². The third-order valence-electron chi connectivity index (χ3n) is 3.40. The number of hydrogen-bond acceptors (Lipinski definition) is 3. The van der Waals surface area contributed by atoms with Gasteiger partial charge >= 0.3 is 0 Å². The Bertz CT molecular complexity index is 349. The number of amides is 1. The van der Waals surface area contributed by atoms with Crippen molar-refractivity contribution in [3.05, 3.63) is 18.2 Å². The molecule has 2 rings (SSSR count). The molecule has 0 spiro atoms. The van der Waals surface area contributed by atoms with Crippen molar-refractivity contribution in [3.8, 4) is 0 Å². The summed E-state index contributed by atoms with van der Waals surface area (Å²) in [6.07, 6.45) is 8.38. The topological polar surface area (TPSA) is 83.8 Å². The minimum atomic E-state index is 0.00511. The van der Waals surface area contributed by atoms with Crippen molar-refractivity contribution < 1.29 is 4.79 Å². The number of H-pyrrole nitrogens is 1. The first-order valence-electron chi connectivity index (χ1n) is 6.28. The van der Waals surface area contributed by atoms with Crippen molar-refractivity contribution >= 4 is 5.91 Å². The maximum absolute atomic E-state index is 11.9. The van der Waals surface area contributed by atoms with Gasteiger partial charge in [0.1, 0.15) is 0 Å². The molecule has 2 unspecified atom stereocenters. The van der Waals surface area contributed by atoms with Crippen LogP contribution in [0.25, 0.3) is 0 Å². The molecule has 5 heteroatoms. The van der Waals surface area contributed by atoms with Crippen LogP contribution in [0.3, 0.4) is 0 Å². The standard InChI is InChI=1S/C12H20N4O/c13-11-4-2-1-3-10(11)12(17)15-6-5-9-7-14-8-16-9/h7-8,10-11H,1-6,13H2,(H,14,16)(H,15,17). The normalized spacial score (nSPS) is 24.5. The monoisotopic (exact) mass is 236 g/mol. The van der Waals surface area contributed by atoms with Crippen LogP contribution < -0.4 is 11.1 Å². The number of nitrogens with zero attached hydrogens (tertiary/aromatic N) is 1. The number of imidazole rings is 1. The van der Waals surface area contributed by atoms with Crippen molar-refractivity contribution in [2.24, 2.45) is 11.7 Å². The lowest BCUT2D eigenvalue weighted by Crippen LogP contribution is -2.44. The van der Waals surface area contributed by atoms with Crippen LogP contribution in [0.5, 0.6) is 0 Å². The molecule has 0 aliphatic heterocycles. The minimum absolute atomic E-state index is 0.00511. The summed E-state index contributed by atoms with van der Waals surface area (Å²) in [5, 5.41) is 2.95. The number of rotatable bonds is 4. The van der Waals surface area contributed by atoms with E-state index in [2.05, 4.69) is 15.3 Å². The van der Waals surface area contributed by atoms with E-state index in [0.29, 0.717) is 6.54 Å². The Hall–Kier alpha value is -1.36. The van der Waals surface area contributed by atoms with Gasteiger partial charge < -0.3 is 16.0 Å². The largest absolute Gasteiger partial charge is 0.355 e. The summed E-state index contributed by atoms with van der Waals surface area (Å²) in [6.45, 7) is 0.643. The molecule has 1 aromatic heterocycles. The Morgan fingerprint density at radius 2 is 2.35 bits per heavy atom. The van der Waals surface area contributed by atoms with Crippen LogP contribution in [0.1, 0.15) is 31.4 Å². The highest BCUT2D eigenvalue weighted by Crippen LogP contribution is 2.22. The zero-order chi connectivity index (χ0) is 12.1. The summed E-state index contributed by atoms with van der Waals surface area (Å²) < 4.78 is 0. The molecule has 1 fully saturated rings. The van der Waals surface area contributed by atoms with E-state index in [1.54, 1.807) is 12.5 Å². The van der Waals surface area contributed by atoms with E-state index in [4.69, 9.17) is 5.73 Å². The summed E-state index contributed by atoms with van der Waals surface area (Å²) in [5.74, 6) is 0.113. The van der Waals surface area contributed by atoms with Gasteiger partial charge in [0.05, 0.1) is 12.2 Å². The molecular weight excluding hydrogens is 216 g/mol. The predicted molar refractivity (Wildman–Crippen MR) is 65.2 cm³/mol. The Morgan fingerprint density at radius 1 is 1.53 bits per heavy atom. The number of nitrogens with one attached hydrogen (secondary N) is 2. The third kappa shape index (κ3) is 3.30. The maximum atomic E-state index is 11.9. The van der Waals surface area contributed by atoms with Crippen LogP contribution >= 0.6 is 0 Å². The lowest BCUT2D eigenvalue weighted by Gasteiger charge is -2.27. The fourth-order valence-electron chi connectivity index (χ4n) is 2.36. The average molecular weight is 236 g/mol. The second-order valence-electron chi connectivity index (χ2n) is 4.67. The highest BCUT2D eigenvalue weighted by atomic mass is 16.1. The lowest BCUT2D eigenvalue weighted by atomic mass is 9.84. The van der Waals surface area contributed by atoms with E-state index in [1.807, 2.05) is 0 Å². The van der Waals surface area contributed by atoms with Crippen LogP contribution in [0.4, 0.5) is 0 Å². The lowest BCUT2D eigenvalue weighted by molar-refractivity contribution is -0.126. The molecule has 0 radical (unpaired) electrons. The molecule has 0 saturated heterocycles. The first-order chi connectivity index (χ1) is 8.27. The van der Waals surface area contributed by atoms with Crippen LogP contribution in [0.15, 0.2) is 12.5 Å². The quantitative estimate of drug-likeness (QED) is 0.715. The number of aromatic amines is 1. The van der Waals surface area contributed by atoms with Gasteiger partial charge in [-0.25, -0.2) is 4.98 Å². The molecule has 0 bridgehead atoms. The number of hydrogen-bond donors (Lipinski definition) is 3. The van der Waals surface area contributed by atoms with Gasteiger partial charge in [0.2, 0.25) is 5.91 Å². The second kappa shape index (κ2) is 5.82. The van der Waals surface area contributed by atoms with E-state index in [1.165, 1.54) is 0 Å². The Morgan fingerprint density at radius 3 is 3.06 bits per heavy atom. The minimum Gasteiger partial charge on any atom is -0.355 e. The van der Waals surface area contributed by atoms with Gasteiger partial charge in [0.15, 0.2) is 0 Å². The molecule has 1 saturated carbocycles. The molecule has 1 amide bonds. The van der Waals surface area contributed by atoms with E-state index >= 15 is 0 Å². The zero-order valence-electron chi connectivity index (χ0n) is 9.98.